The number of carbonyl (C=O) groups is 2. The number of aliphatic hydroxyl groups excluding tert-OH is 4. The van der Waals surface area contributed by atoms with Crippen molar-refractivity contribution in [2.45, 2.75) is 81.4 Å². The molecule has 0 unspecified atom stereocenters. The maximum Gasteiger partial charge on any atom is 0.303 e. The van der Waals surface area contributed by atoms with Crippen molar-refractivity contribution in [1.82, 2.24) is 5.32 Å². The third-order valence-corrected chi connectivity index (χ3v) is 4.94. The summed E-state index contributed by atoms with van der Waals surface area (Å²) in [7, 11) is 0. The second kappa shape index (κ2) is 13.8. The van der Waals surface area contributed by atoms with Crippen LogP contribution in [0.3, 0.4) is 0 Å². The van der Waals surface area contributed by atoms with Crippen molar-refractivity contribution in [2.75, 3.05) is 19.7 Å². The van der Waals surface area contributed by atoms with Gasteiger partial charge in [0.2, 0.25) is 5.91 Å². The Bertz CT molecular complexity index is 523. The number of unbranched alkanes of at least 4 members (excludes halogenated alkanes) is 2. The van der Waals surface area contributed by atoms with Gasteiger partial charge in [0, 0.05) is 19.5 Å². The van der Waals surface area contributed by atoms with Crippen LogP contribution in [0.15, 0.2) is 0 Å². The van der Waals surface area contributed by atoms with Gasteiger partial charge in [-0.25, -0.2) is 0 Å². The van der Waals surface area contributed by atoms with Crippen molar-refractivity contribution in [3.05, 3.63) is 0 Å². The van der Waals surface area contributed by atoms with Gasteiger partial charge in [-0.05, 0) is 25.7 Å². The normalized spacial score (nSPS) is 28.7. The Kier molecular flexibility index (Phi) is 12.3. The summed E-state index contributed by atoms with van der Waals surface area (Å²) in [5, 5.41) is 50.1. The largest absolute Gasteiger partial charge is 0.481 e. The predicted molar refractivity (Wildman–Crippen MR) is 104 cm³/mol. The van der Waals surface area contributed by atoms with E-state index in [1.807, 2.05) is 0 Å². The fourth-order valence-corrected chi connectivity index (χ4v) is 3.03. The molecule has 7 atom stereocenters. The van der Waals surface area contributed by atoms with Crippen LogP contribution in [0.4, 0.5) is 0 Å². The molecule has 10 N–H and O–H groups in total. The van der Waals surface area contributed by atoms with Crippen LogP contribution in [-0.2, 0) is 19.1 Å². The topological polar surface area (TPSA) is 218 Å². The number of hydrogen-bond acceptors (Lipinski definition) is 10. The molecule has 0 radical (unpaired) electrons. The number of nitrogens with two attached hydrogens (primary N) is 2. The second-order valence-electron chi connectivity index (χ2n) is 7.37. The zero-order chi connectivity index (χ0) is 22.7. The molecule has 1 aliphatic rings. The summed E-state index contributed by atoms with van der Waals surface area (Å²) < 4.78 is 10.8. The summed E-state index contributed by atoms with van der Waals surface area (Å²) in [6, 6.07) is -0.809. The monoisotopic (exact) mass is 437 g/mol. The van der Waals surface area contributed by atoms with Gasteiger partial charge in [0.1, 0.15) is 24.4 Å². The average Bonchev–Trinajstić information content (AvgIpc) is 2.72. The summed E-state index contributed by atoms with van der Waals surface area (Å²) in [6.45, 7) is -0.139. The Balaban J connectivity index is 2.36. The van der Waals surface area contributed by atoms with E-state index in [1.54, 1.807) is 0 Å². The second-order valence-corrected chi connectivity index (χ2v) is 7.37. The van der Waals surface area contributed by atoms with Crippen LogP contribution in [0.25, 0.3) is 0 Å². The van der Waals surface area contributed by atoms with Crippen molar-refractivity contribution in [2.24, 2.45) is 11.5 Å². The predicted octanol–water partition coefficient (Wildman–Crippen LogP) is -3.00. The van der Waals surface area contributed by atoms with Gasteiger partial charge < -0.3 is 51.8 Å². The first-order valence-corrected chi connectivity index (χ1v) is 10.1. The number of ether oxygens (including phenoxy) is 2. The summed E-state index contributed by atoms with van der Waals surface area (Å²) >= 11 is 0. The van der Waals surface area contributed by atoms with Gasteiger partial charge in [0.05, 0.1) is 18.8 Å². The van der Waals surface area contributed by atoms with Crippen LogP contribution in [0.5, 0.6) is 0 Å². The smallest absolute Gasteiger partial charge is 0.303 e. The fraction of sp³-hybridized carbons (Fsp3) is 0.889. The van der Waals surface area contributed by atoms with E-state index in [1.165, 1.54) is 0 Å². The number of carbonyl (C=O) groups excluding carboxylic acids is 1. The number of amides is 1. The SMILES string of the molecule is NC[C@@H](CC[C@H](N)C(=O)NCCCCCC(=O)O)O[C@@H]1O[C@H](CO)[C@H](O)[C@H](O)[C@H]1O. The van der Waals surface area contributed by atoms with E-state index in [4.69, 9.17) is 26.0 Å². The molecule has 0 saturated carbocycles. The number of carboxylic acid groups (broad SMARTS) is 1. The number of hydrogen-bond donors (Lipinski definition) is 8. The van der Waals surface area contributed by atoms with Crippen LogP contribution in [0, 0.1) is 0 Å². The van der Waals surface area contributed by atoms with Crippen molar-refractivity contribution >= 4 is 11.9 Å². The summed E-state index contributed by atoms with van der Waals surface area (Å²) in [5.74, 6) is -1.20. The molecule has 0 aromatic rings. The van der Waals surface area contributed by atoms with Crippen molar-refractivity contribution < 1.29 is 44.6 Å². The molecular formula is C18H35N3O9. The molecule has 12 heteroatoms. The number of aliphatic carboxylic acids is 1. The highest BCUT2D eigenvalue weighted by atomic mass is 16.7. The van der Waals surface area contributed by atoms with E-state index in [0.29, 0.717) is 25.8 Å². The molecule has 0 spiro atoms. The molecule has 1 amide bonds. The van der Waals surface area contributed by atoms with Gasteiger partial charge in [-0.2, -0.15) is 0 Å². The molecule has 1 heterocycles. The molecule has 1 fully saturated rings. The summed E-state index contributed by atoms with van der Waals surface area (Å²) in [5.41, 5.74) is 11.5. The van der Waals surface area contributed by atoms with Crippen LogP contribution in [0.1, 0.15) is 38.5 Å². The van der Waals surface area contributed by atoms with Gasteiger partial charge in [0.25, 0.3) is 0 Å². The highest BCUT2D eigenvalue weighted by Gasteiger charge is 2.44. The molecule has 1 aliphatic heterocycles. The Morgan fingerprint density at radius 1 is 1.07 bits per heavy atom. The van der Waals surface area contributed by atoms with E-state index in [9.17, 15) is 30.0 Å². The summed E-state index contributed by atoms with van der Waals surface area (Å²) in [4.78, 5) is 22.5. The number of carboxylic acids is 1. The van der Waals surface area contributed by atoms with E-state index in [2.05, 4.69) is 5.32 Å². The maximum absolute atomic E-state index is 12.0. The average molecular weight is 437 g/mol. The van der Waals surface area contributed by atoms with Crippen molar-refractivity contribution in [3.63, 3.8) is 0 Å². The molecule has 0 aliphatic carbocycles. The third-order valence-electron chi connectivity index (χ3n) is 4.94. The minimum Gasteiger partial charge on any atom is -0.481 e. The molecule has 30 heavy (non-hydrogen) atoms. The lowest BCUT2D eigenvalue weighted by Crippen LogP contribution is -2.60. The van der Waals surface area contributed by atoms with Crippen molar-refractivity contribution in [3.8, 4) is 0 Å². The Morgan fingerprint density at radius 3 is 2.37 bits per heavy atom. The molecular weight excluding hydrogens is 402 g/mol. The van der Waals surface area contributed by atoms with Crippen molar-refractivity contribution in [1.29, 1.82) is 0 Å². The molecule has 1 saturated heterocycles. The lowest BCUT2D eigenvalue weighted by molar-refractivity contribution is -0.310. The van der Waals surface area contributed by atoms with Crippen LogP contribution < -0.4 is 16.8 Å². The number of rotatable bonds is 14. The van der Waals surface area contributed by atoms with Crippen LogP contribution in [-0.4, -0.2) is 100.0 Å². The first kappa shape index (κ1) is 26.7. The zero-order valence-electron chi connectivity index (χ0n) is 16.9. The number of aliphatic hydroxyl groups is 4. The fourth-order valence-electron chi connectivity index (χ4n) is 3.03. The standard InChI is InChI=1S/C18H35N3O9/c19-8-10(29-18-16(27)15(26)14(25)12(9-22)30-18)5-6-11(20)17(28)21-7-3-1-2-4-13(23)24/h10-12,14-16,18,22,25-27H,1-9,19-20H2,(H,21,28)(H,23,24)/t10-,11+,12-,14+,15+,16-,18-/m1/s1. The highest BCUT2D eigenvalue weighted by Crippen LogP contribution is 2.23. The van der Waals surface area contributed by atoms with Crippen LogP contribution >= 0.6 is 0 Å². The maximum atomic E-state index is 12.0. The van der Waals surface area contributed by atoms with Gasteiger partial charge in [-0.1, -0.05) is 6.42 Å². The highest BCUT2D eigenvalue weighted by molar-refractivity contribution is 5.81. The van der Waals surface area contributed by atoms with Crippen LogP contribution in [0.2, 0.25) is 0 Å². The van der Waals surface area contributed by atoms with E-state index in [-0.39, 0.29) is 31.7 Å². The lowest BCUT2D eigenvalue weighted by Gasteiger charge is -2.40. The van der Waals surface area contributed by atoms with Gasteiger partial charge in [-0.15, -0.1) is 0 Å². The van der Waals surface area contributed by atoms with Gasteiger partial charge in [-0.3, -0.25) is 9.59 Å². The lowest BCUT2D eigenvalue weighted by atomic mass is 9.99. The Labute approximate surface area is 175 Å². The summed E-state index contributed by atoms with van der Waals surface area (Å²) in [6.07, 6.45) is -5.10. The quantitative estimate of drug-likeness (QED) is 0.128. The Morgan fingerprint density at radius 2 is 1.77 bits per heavy atom. The molecule has 12 nitrogen and oxygen atoms in total. The zero-order valence-corrected chi connectivity index (χ0v) is 16.9. The minimum absolute atomic E-state index is 0.0347. The third kappa shape index (κ3) is 8.78. The molecule has 1 rings (SSSR count). The molecule has 176 valence electrons. The van der Waals surface area contributed by atoms with Gasteiger partial charge >= 0.3 is 5.97 Å². The molecule has 0 aromatic carbocycles. The molecule has 0 bridgehead atoms. The van der Waals surface area contributed by atoms with E-state index in [0.717, 1.165) is 0 Å². The van der Waals surface area contributed by atoms with E-state index >= 15 is 0 Å². The molecule has 0 aromatic heterocycles. The first-order valence-electron chi connectivity index (χ1n) is 10.1. The van der Waals surface area contributed by atoms with E-state index < -0.39 is 55.4 Å². The van der Waals surface area contributed by atoms with Gasteiger partial charge in [0.15, 0.2) is 6.29 Å². The first-order chi connectivity index (χ1) is 14.2. The minimum atomic E-state index is -1.55. The Hall–Kier alpha value is -1.38. The number of nitrogens with one attached hydrogen (secondary N) is 1.